The molecule has 0 bridgehead atoms. The lowest BCUT2D eigenvalue weighted by Crippen LogP contribution is -2.53. The number of phenolic OH excluding ortho intramolecular Hbond substituents is 1. The third kappa shape index (κ3) is 8.26. The Morgan fingerprint density at radius 2 is 1.76 bits per heavy atom. The molecule has 204 valence electrons. The molecule has 1 heterocycles. The highest BCUT2D eigenvalue weighted by Crippen LogP contribution is 2.44. The van der Waals surface area contributed by atoms with Crippen LogP contribution in [0, 0.1) is 0 Å². The maximum Gasteiger partial charge on any atom is 0.329 e. The molecular formula is C28H34N2O6S2. The zero-order valence-electron chi connectivity index (χ0n) is 22.0. The Bertz CT molecular complexity index is 1150. The second-order valence-corrected chi connectivity index (χ2v) is 12.3. The third-order valence-corrected chi connectivity index (χ3v) is 7.83. The first-order chi connectivity index (χ1) is 18.0. The first-order valence-electron chi connectivity index (χ1n) is 12.4. The van der Waals surface area contributed by atoms with Gasteiger partial charge < -0.3 is 20.1 Å². The standard InChI is InChI=1S/C28H34N2O6S2/c1-18(31)37-15-14-24(33)30-22(17-38-26(30)20-12-8-9-13-23(20)32)25(34)29-21(27(35)36-28(2,3)4)16-19-10-6-5-7-11-19/h5-13,21-22,26,32H,14-17H2,1-4H3,(H,29,34)/t21?,22-,26+/m0/s1. The topological polar surface area (TPSA) is 113 Å². The van der Waals surface area contributed by atoms with Gasteiger partial charge in [-0.3, -0.25) is 14.4 Å². The van der Waals surface area contributed by atoms with Crippen molar-refractivity contribution in [2.24, 2.45) is 0 Å². The average molecular weight is 559 g/mol. The summed E-state index contributed by atoms with van der Waals surface area (Å²) in [6.07, 6.45) is 0.283. The molecule has 0 aliphatic carbocycles. The summed E-state index contributed by atoms with van der Waals surface area (Å²) >= 11 is 2.41. The van der Waals surface area contributed by atoms with E-state index < -0.39 is 34.9 Å². The molecule has 10 heteroatoms. The molecule has 1 aliphatic rings. The van der Waals surface area contributed by atoms with E-state index in [1.54, 1.807) is 39.0 Å². The molecule has 1 fully saturated rings. The Morgan fingerprint density at radius 3 is 2.39 bits per heavy atom. The molecule has 0 aromatic heterocycles. The molecule has 0 spiro atoms. The summed E-state index contributed by atoms with van der Waals surface area (Å²) in [6.45, 7) is 6.72. The van der Waals surface area contributed by atoms with Crippen LogP contribution in [0.2, 0.25) is 0 Å². The van der Waals surface area contributed by atoms with Gasteiger partial charge in [-0.15, -0.1) is 11.8 Å². The number of amides is 2. The molecule has 2 aromatic carbocycles. The van der Waals surface area contributed by atoms with E-state index in [2.05, 4.69) is 5.32 Å². The average Bonchev–Trinajstić information content (AvgIpc) is 3.28. The monoisotopic (exact) mass is 558 g/mol. The SMILES string of the molecule is CC(=O)SCCC(=O)N1[C@@H](c2ccccc2O)SC[C@H]1C(=O)NC(Cc1ccccc1)C(=O)OC(C)(C)C. The number of ether oxygens (including phenoxy) is 1. The molecule has 2 amide bonds. The van der Waals surface area contributed by atoms with E-state index in [4.69, 9.17) is 4.74 Å². The van der Waals surface area contributed by atoms with Gasteiger partial charge in [0.15, 0.2) is 5.12 Å². The minimum Gasteiger partial charge on any atom is -0.508 e. The fraction of sp³-hybridized carbons (Fsp3) is 0.429. The molecule has 8 nitrogen and oxygen atoms in total. The lowest BCUT2D eigenvalue weighted by Gasteiger charge is -2.31. The molecule has 1 aliphatic heterocycles. The highest BCUT2D eigenvalue weighted by atomic mass is 32.2. The van der Waals surface area contributed by atoms with Crippen LogP contribution >= 0.6 is 23.5 Å². The molecule has 3 rings (SSSR count). The van der Waals surface area contributed by atoms with E-state index in [0.717, 1.165) is 17.3 Å². The minimum absolute atomic E-state index is 0.0256. The van der Waals surface area contributed by atoms with Crippen LogP contribution in [0.5, 0.6) is 5.75 Å². The van der Waals surface area contributed by atoms with Crippen LogP contribution in [0.25, 0.3) is 0 Å². The van der Waals surface area contributed by atoms with Crippen LogP contribution in [0.15, 0.2) is 54.6 Å². The van der Waals surface area contributed by atoms with Gasteiger partial charge in [-0.2, -0.15) is 0 Å². The van der Waals surface area contributed by atoms with Crippen LogP contribution in [-0.4, -0.2) is 62.1 Å². The Labute approximate surface area is 231 Å². The predicted octanol–water partition coefficient (Wildman–Crippen LogP) is 4.07. The van der Waals surface area contributed by atoms with E-state index >= 15 is 0 Å². The molecule has 2 N–H and O–H groups in total. The van der Waals surface area contributed by atoms with Crippen molar-refractivity contribution in [1.82, 2.24) is 10.2 Å². The van der Waals surface area contributed by atoms with E-state index in [1.165, 1.54) is 29.7 Å². The number of nitrogens with one attached hydrogen (secondary N) is 1. The number of carbonyl (C=O) groups is 4. The van der Waals surface area contributed by atoms with Gasteiger partial charge in [0.25, 0.3) is 0 Å². The first kappa shape index (κ1) is 29.6. The molecule has 38 heavy (non-hydrogen) atoms. The van der Waals surface area contributed by atoms with Gasteiger partial charge in [-0.05, 0) is 32.4 Å². The summed E-state index contributed by atoms with van der Waals surface area (Å²) < 4.78 is 5.58. The highest BCUT2D eigenvalue weighted by Gasteiger charge is 2.44. The normalized spacial score (nSPS) is 18.1. The van der Waals surface area contributed by atoms with Gasteiger partial charge in [-0.25, -0.2) is 4.79 Å². The summed E-state index contributed by atoms with van der Waals surface area (Å²) in [6, 6.07) is 14.2. The number of phenols is 1. The van der Waals surface area contributed by atoms with E-state index in [9.17, 15) is 24.3 Å². The molecule has 0 saturated carbocycles. The summed E-state index contributed by atoms with van der Waals surface area (Å²) in [5.41, 5.74) is 0.630. The van der Waals surface area contributed by atoms with Crippen molar-refractivity contribution in [3.8, 4) is 5.75 Å². The van der Waals surface area contributed by atoms with Crippen LogP contribution in [0.1, 0.15) is 50.6 Å². The smallest absolute Gasteiger partial charge is 0.329 e. The van der Waals surface area contributed by atoms with E-state index in [0.29, 0.717) is 5.56 Å². The van der Waals surface area contributed by atoms with Crippen molar-refractivity contribution in [2.45, 2.75) is 63.6 Å². The Balaban J connectivity index is 1.86. The van der Waals surface area contributed by atoms with Crippen molar-refractivity contribution >= 4 is 46.4 Å². The van der Waals surface area contributed by atoms with Crippen LogP contribution in [-0.2, 0) is 30.3 Å². The van der Waals surface area contributed by atoms with Gasteiger partial charge in [0, 0.05) is 36.8 Å². The van der Waals surface area contributed by atoms with Gasteiger partial charge >= 0.3 is 5.97 Å². The van der Waals surface area contributed by atoms with Gasteiger partial charge in [0.05, 0.1) is 0 Å². The number of rotatable bonds is 9. The summed E-state index contributed by atoms with van der Waals surface area (Å²) in [7, 11) is 0. The zero-order chi connectivity index (χ0) is 27.9. The first-order valence-corrected chi connectivity index (χ1v) is 14.4. The van der Waals surface area contributed by atoms with E-state index in [-0.39, 0.29) is 41.1 Å². The number of carbonyl (C=O) groups excluding carboxylic acids is 4. The highest BCUT2D eigenvalue weighted by molar-refractivity contribution is 8.13. The number of aromatic hydroxyl groups is 1. The maximum atomic E-state index is 13.6. The number of hydrogen-bond acceptors (Lipinski definition) is 8. The summed E-state index contributed by atoms with van der Waals surface area (Å²) in [5.74, 6) is -0.760. The number of nitrogens with zero attached hydrogens (tertiary/aromatic N) is 1. The summed E-state index contributed by atoms with van der Waals surface area (Å²) in [4.78, 5) is 52.9. The lowest BCUT2D eigenvalue weighted by atomic mass is 10.0. The second kappa shape index (κ2) is 13.2. The number of esters is 1. The number of thioether (sulfide) groups is 2. The fourth-order valence-electron chi connectivity index (χ4n) is 4.04. The van der Waals surface area contributed by atoms with Crippen molar-refractivity contribution in [1.29, 1.82) is 0 Å². The predicted molar refractivity (Wildman–Crippen MR) is 150 cm³/mol. The van der Waals surface area contributed by atoms with E-state index in [1.807, 2.05) is 30.3 Å². The van der Waals surface area contributed by atoms with Crippen molar-refractivity contribution < 1.29 is 29.0 Å². The molecule has 1 unspecified atom stereocenters. The Morgan fingerprint density at radius 1 is 1.11 bits per heavy atom. The van der Waals surface area contributed by atoms with Gasteiger partial charge in [-0.1, -0.05) is 60.3 Å². The Kier molecular flexibility index (Phi) is 10.3. The van der Waals surface area contributed by atoms with Crippen molar-refractivity contribution in [2.75, 3.05) is 11.5 Å². The number of hydrogen-bond donors (Lipinski definition) is 2. The van der Waals surface area contributed by atoms with Gasteiger partial charge in [0.2, 0.25) is 11.8 Å². The third-order valence-electron chi connectivity index (χ3n) is 5.71. The summed E-state index contributed by atoms with van der Waals surface area (Å²) in [5, 5.41) is 12.6. The van der Waals surface area contributed by atoms with Crippen LogP contribution in [0.4, 0.5) is 0 Å². The lowest BCUT2D eigenvalue weighted by molar-refractivity contribution is -0.159. The Hall–Kier alpha value is -2.98. The molecule has 1 saturated heterocycles. The molecule has 0 radical (unpaired) electrons. The number of benzene rings is 2. The molecule has 3 atom stereocenters. The van der Waals surface area contributed by atoms with Crippen LogP contribution in [0.3, 0.4) is 0 Å². The number of para-hydroxylation sites is 1. The van der Waals surface area contributed by atoms with Crippen LogP contribution < -0.4 is 5.32 Å². The quantitative estimate of drug-likeness (QED) is 0.443. The van der Waals surface area contributed by atoms with Crippen molar-refractivity contribution in [3.63, 3.8) is 0 Å². The maximum absolute atomic E-state index is 13.6. The van der Waals surface area contributed by atoms with Crippen molar-refractivity contribution in [3.05, 3.63) is 65.7 Å². The largest absolute Gasteiger partial charge is 0.508 e. The minimum atomic E-state index is -0.955. The zero-order valence-corrected chi connectivity index (χ0v) is 23.6. The molecular weight excluding hydrogens is 524 g/mol. The second-order valence-electron chi connectivity index (χ2n) is 9.94. The van der Waals surface area contributed by atoms with Gasteiger partial charge in [0.1, 0.15) is 28.8 Å². The molecule has 2 aromatic rings. The fourth-order valence-corrected chi connectivity index (χ4v) is 6.09.